The molecule has 0 saturated heterocycles. The van der Waals surface area contributed by atoms with E-state index in [1.807, 2.05) is 73.1 Å². The minimum absolute atomic E-state index is 0.580. The van der Waals surface area contributed by atoms with Crippen LogP contribution in [0.5, 0.6) is 5.75 Å². The fourth-order valence-electron chi connectivity index (χ4n) is 2.93. The molecule has 0 fully saturated rings. The zero-order chi connectivity index (χ0) is 17.8. The number of hydrogen-bond donors (Lipinski definition) is 0. The molecule has 0 saturated carbocycles. The van der Waals surface area contributed by atoms with E-state index in [1.165, 1.54) is 0 Å². The van der Waals surface area contributed by atoms with E-state index >= 15 is 0 Å². The van der Waals surface area contributed by atoms with Crippen molar-refractivity contribution in [3.8, 4) is 22.9 Å². The van der Waals surface area contributed by atoms with Crippen LogP contribution in [0.4, 0.5) is 0 Å². The third-order valence-electron chi connectivity index (χ3n) is 4.33. The van der Waals surface area contributed by atoms with Crippen LogP contribution in [0.25, 0.3) is 22.2 Å². The lowest BCUT2D eigenvalue weighted by molar-refractivity contribution is 0.300. The Morgan fingerprint density at radius 3 is 2.31 bits per heavy atom. The average Bonchev–Trinajstić information content (AvgIpc) is 3.12. The molecule has 3 aromatic carbocycles. The predicted octanol–water partition coefficient (Wildman–Crippen LogP) is 4.65. The Balaban J connectivity index is 1.39. The molecule has 1 aromatic heterocycles. The van der Waals surface area contributed by atoms with Gasteiger partial charge in [-0.15, -0.1) is 0 Å². The molecule has 1 heterocycles. The van der Waals surface area contributed by atoms with Crippen LogP contribution in [0.15, 0.2) is 79.1 Å². The predicted molar refractivity (Wildman–Crippen MR) is 102 cm³/mol. The normalized spacial score (nSPS) is 10.6. The Morgan fingerprint density at radius 1 is 0.885 bits per heavy atom. The highest BCUT2D eigenvalue weighted by Crippen LogP contribution is 2.23. The molecule has 0 spiro atoms. The highest BCUT2D eigenvalue weighted by Gasteiger charge is 2.02. The van der Waals surface area contributed by atoms with Crippen LogP contribution in [0.1, 0.15) is 5.56 Å². The summed E-state index contributed by atoms with van der Waals surface area (Å²) in [4.78, 5) is 4.39. The van der Waals surface area contributed by atoms with E-state index in [1.54, 1.807) is 0 Å². The Kier molecular flexibility index (Phi) is 4.36. The molecule has 4 aromatic rings. The van der Waals surface area contributed by atoms with E-state index in [9.17, 15) is 0 Å². The third kappa shape index (κ3) is 3.28. The Bertz CT molecular complexity index is 1060. The summed E-state index contributed by atoms with van der Waals surface area (Å²) in [6.45, 7) is 1.33. The van der Waals surface area contributed by atoms with Crippen molar-refractivity contribution in [2.45, 2.75) is 6.54 Å². The van der Waals surface area contributed by atoms with Gasteiger partial charge in [0.2, 0.25) is 0 Å². The van der Waals surface area contributed by atoms with E-state index in [0.29, 0.717) is 12.2 Å². The summed E-state index contributed by atoms with van der Waals surface area (Å²) in [5, 5.41) is 8.87. The summed E-state index contributed by atoms with van der Waals surface area (Å²) >= 11 is 0. The number of imidazole rings is 1. The highest BCUT2D eigenvalue weighted by atomic mass is 16.5. The summed E-state index contributed by atoms with van der Waals surface area (Å²) in [7, 11) is 0. The van der Waals surface area contributed by atoms with Crippen LogP contribution in [0, 0.1) is 11.3 Å². The molecule has 0 amide bonds. The number of ether oxygens (including phenoxy) is 1. The third-order valence-corrected chi connectivity index (χ3v) is 4.33. The van der Waals surface area contributed by atoms with Crippen molar-refractivity contribution in [1.82, 2.24) is 9.55 Å². The topological polar surface area (TPSA) is 50.8 Å². The first-order chi connectivity index (χ1) is 12.8. The van der Waals surface area contributed by atoms with Gasteiger partial charge in [0.25, 0.3) is 0 Å². The monoisotopic (exact) mass is 339 g/mol. The largest absolute Gasteiger partial charge is 0.492 e. The van der Waals surface area contributed by atoms with Crippen molar-refractivity contribution >= 4 is 11.0 Å². The van der Waals surface area contributed by atoms with Crippen molar-refractivity contribution in [3.05, 3.63) is 84.7 Å². The van der Waals surface area contributed by atoms with Crippen molar-refractivity contribution < 1.29 is 4.74 Å². The molecule has 0 radical (unpaired) electrons. The van der Waals surface area contributed by atoms with Crippen molar-refractivity contribution in [2.24, 2.45) is 0 Å². The Hall–Kier alpha value is -3.58. The van der Waals surface area contributed by atoms with Gasteiger partial charge >= 0.3 is 0 Å². The maximum absolute atomic E-state index is 8.87. The second kappa shape index (κ2) is 7.12. The molecule has 0 aliphatic rings. The summed E-state index contributed by atoms with van der Waals surface area (Å²) in [5.41, 5.74) is 4.97. The first kappa shape index (κ1) is 15.9. The number of benzene rings is 3. The standard InChI is InChI=1S/C22H17N3O/c23-15-17-5-7-18(8-6-17)19-9-11-20(12-10-19)26-14-13-25-16-24-21-3-1-2-4-22(21)25/h1-12,16H,13-14H2. The van der Waals surface area contributed by atoms with Gasteiger partial charge in [0, 0.05) is 0 Å². The Labute approximate surface area is 151 Å². The number of hydrogen-bond acceptors (Lipinski definition) is 3. The minimum Gasteiger partial charge on any atom is -0.492 e. The molecule has 0 bridgehead atoms. The van der Waals surface area contributed by atoms with Gasteiger partial charge in [0.05, 0.1) is 35.5 Å². The summed E-state index contributed by atoms with van der Waals surface area (Å²) in [6.07, 6.45) is 1.85. The number of aromatic nitrogens is 2. The quantitative estimate of drug-likeness (QED) is 0.531. The maximum Gasteiger partial charge on any atom is 0.119 e. The average molecular weight is 339 g/mol. The lowest BCUT2D eigenvalue weighted by Crippen LogP contribution is -2.07. The molecule has 0 N–H and O–H groups in total. The molecule has 0 aliphatic heterocycles. The van der Waals surface area contributed by atoms with Crippen LogP contribution in [-0.2, 0) is 6.54 Å². The molecule has 4 rings (SSSR count). The number of nitriles is 1. The lowest BCUT2D eigenvalue weighted by atomic mass is 10.0. The summed E-state index contributed by atoms with van der Waals surface area (Å²) < 4.78 is 7.96. The van der Waals surface area contributed by atoms with Gasteiger partial charge in [-0.05, 0) is 47.5 Å². The number of para-hydroxylation sites is 2. The van der Waals surface area contributed by atoms with Gasteiger partial charge in [-0.25, -0.2) is 4.98 Å². The molecule has 0 aliphatic carbocycles. The van der Waals surface area contributed by atoms with Gasteiger partial charge in [-0.2, -0.15) is 5.26 Å². The highest BCUT2D eigenvalue weighted by molar-refractivity contribution is 5.74. The number of rotatable bonds is 5. The number of nitrogens with zero attached hydrogens (tertiary/aromatic N) is 3. The molecule has 4 nitrogen and oxygen atoms in total. The van der Waals surface area contributed by atoms with Gasteiger partial charge < -0.3 is 9.30 Å². The Morgan fingerprint density at radius 2 is 1.58 bits per heavy atom. The molecule has 0 atom stereocenters. The van der Waals surface area contributed by atoms with Crippen LogP contribution in [0.3, 0.4) is 0 Å². The van der Waals surface area contributed by atoms with E-state index in [0.717, 1.165) is 34.5 Å². The lowest BCUT2D eigenvalue weighted by Gasteiger charge is -2.09. The first-order valence-corrected chi connectivity index (χ1v) is 8.47. The smallest absolute Gasteiger partial charge is 0.119 e. The van der Waals surface area contributed by atoms with Crippen molar-refractivity contribution in [2.75, 3.05) is 6.61 Å². The van der Waals surface area contributed by atoms with Crippen LogP contribution in [-0.4, -0.2) is 16.2 Å². The zero-order valence-corrected chi connectivity index (χ0v) is 14.2. The summed E-state index contributed by atoms with van der Waals surface area (Å²) in [6, 6.07) is 25.8. The fourth-order valence-corrected chi connectivity index (χ4v) is 2.93. The molecular formula is C22H17N3O. The zero-order valence-electron chi connectivity index (χ0n) is 14.2. The molecule has 0 unspecified atom stereocenters. The number of fused-ring (bicyclic) bond motifs is 1. The fraction of sp³-hybridized carbons (Fsp3) is 0.0909. The minimum atomic E-state index is 0.580. The first-order valence-electron chi connectivity index (χ1n) is 8.47. The van der Waals surface area contributed by atoms with E-state index in [-0.39, 0.29) is 0 Å². The van der Waals surface area contributed by atoms with Gasteiger partial charge in [0.1, 0.15) is 12.4 Å². The maximum atomic E-state index is 8.87. The molecule has 26 heavy (non-hydrogen) atoms. The van der Waals surface area contributed by atoms with Gasteiger partial charge in [-0.1, -0.05) is 36.4 Å². The van der Waals surface area contributed by atoms with E-state index in [2.05, 4.69) is 21.7 Å². The molecular weight excluding hydrogens is 322 g/mol. The second-order valence-electron chi connectivity index (χ2n) is 5.99. The van der Waals surface area contributed by atoms with E-state index in [4.69, 9.17) is 10.00 Å². The van der Waals surface area contributed by atoms with Gasteiger partial charge in [-0.3, -0.25) is 0 Å². The van der Waals surface area contributed by atoms with Gasteiger partial charge in [0.15, 0.2) is 0 Å². The van der Waals surface area contributed by atoms with Crippen molar-refractivity contribution in [1.29, 1.82) is 5.26 Å². The summed E-state index contributed by atoms with van der Waals surface area (Å²) in [5.74, 6) is 0.840. The SMILES string of the molecule is N#Cc1ccc(-c2ccc(OCCn3cnc4ccccc43)cc2)cc1. The molecule has 4 heteroatoms. The van der Waals surface area contributed by atoms with Crippen LogP contribution in [0.2, 0.25) is 0 Å². The van der Waals surface area contributed by atoms with Crippen LogP contribution < -0.4 is 4.74 Å². The van der Waals surface area contributed by atoms with Crippen molar-refractivity contribution in [3.63, 3.8) is 0 Å². The molecule has 126 valence electrons. The van der Waals surface area contributed by atoms with E-state index < -0.39 is 0 Å². The second-order valence-corrected chi connectivity index (χ2v) is 5.99. The van der Waals surface area contributed by atoms with Crippen LogP contribution >= 0.6 is 0 Å².